The Balaban J connectivity index is 3.01. The third-order valence-electron chi connectivity index (χ3n) is 2.33. The minimum Gasteiger partial charge on any atom is -0.398 e. The van der Waals surface area contributed by atoms with E-state index in [1.54, 1.807) is 19.0 Å². The molecule has 0 aliphatic rings. The van der Waals surface area contributed by atoms with Crippen molar-refractivity contribution < 1.29 is 4.79 Å². The van der Waals surface area contributed by atoms with Crippen molar-refractivity contribution >= 4 is 27.5 Å². The van der Waals surface area contributed by atoms with E-state index in [1.165, 1.54) is 0 Å². The Morgan fingerprint density at radius 3 is 2.53 bits per heavy atom. The average Bonchev–Trinajstić information content (AvgIpc) is 2.15. The number of nitrogen functional groups attached to an aromatic ring is 1. The molecule has 1 unspecified atom stereocenters. The largest absolute Gasteiger partial charge is 0.398 e. The van der Waals surface area contributed by atoms with Gasteiger partial charge in [0.1, 0.15) is 0 Å². The summed E-state index contributed by atoms with van der Waals surface area (Å²) in [7, 11) is 3.49. The van der Waals surface area contributed by atoms with Gasteiger partial charge in [-0.25, -0.2) is 0 Å². The Hall–Kier alpha value is -1.03. The molecule has 0 spiro atoms. The predicted molar refractivity (Wildman–Crippen MR) is 65.7 cm³/mol. The van der Waals surface area contributed by atoms with E-state index < -0.39 is 0 Å². The zero-order valence-corrected chi connectivity index (χ0v) is 10.7. The normalized spacial score (nSPS) is 12.3. The van der Waals surface area contributed by atoms with Gasteiger partial charge in [0.15, 0.2) is 0 Å². The number of carbonyl (C=O) groups is 1. The molecule has 0 aliphatic heterocycles. The molecular formula is C11H15BrN2O. The first kappa shape index (κ1) is 12.0. The molecule has 0 saturated heterocycles. The Morgan fingerprint density at radius 2 is 2.07 bits per heavy atom. The molecule has 1 rings (SSSR count). The van der Waals surface area contributed by atoms with Crippen LogP contribution in [0.4, 0.5) is 5.69 Å². The molecule has 0 heterocycles. The monoisotopic (exact) mass is 270 g/mol. The van der Waals surface area contributed by atoms with Crippen molar-refractivity contribution in [2.45, 2.75) is 12.8 Å². The van der Waals surface area contributed by atoms with Gasteiger partial charge in [-0.1, -0.05) is 22.0 Å². The number of benzene rings is 1. The van der Waals surface area contributed by atoms with Gasteiger partial charge in [0.2, 0.25) is 5.91 Å². The Morgan fingerprint density at radius 1 is 1.47 bits per heavy atom. The molecule has 0 fully saturated rings. The highest BCUT2D eigenvalue weighted by Crippen LogP contribution is 2.26. The minimum absolute atomic E-state index is 0.0593. The molecule has 4 heteroatoms. The summed E-state index contributed by atoms with van der Waals surface area (Å²) in [6.07, 6.45) is 0. The van der Waals surface area contributed by atoms with E-state index in [0.29, 0.717) is 5.69 Å². The second-order valence-electron chi connectivity index (χ2n) is 3.73. The van der Waals surface area contributed by atoms with Crippen molar-refractivity contribution in [1.29, 1.82) is 0 Å². The van der Waals surface area contributed by atoms with Gasteiger partial charge < -0.3 is 10.6 Å². The van der Waals surface area contributed by atoms with Crippen molar-refractivity contribution in [1.82, 2.24) is 4.90 Å². The fraction of sp³-hybridized carbons (Fsp3) is 0.364. The van der Waals surface area contributed by atoms with Crippen molar-refractivity contribution in [3.8, 4) is 0 Å². The van der Waals surface area contributed by atoms with Crippen molar-refractivity contribution in [3.63, 3.8) is 0 Å². The van der Waals surface area contributed by atoms with Gasteiger partial charge in [0.05, 0.1) is 5.92 Å². The lowest BCUT2D eigenvalue weighted by atomic mass is 9.98. The molecule has 1 aromatic carbocycles. The molecule has 1 atom stereocenters. The first-order chi connectivity index (χ1) is 6.93. The second kappa shape index (κ2) is 4.66. The van der Waals surface area contributed by atoms with Crippen LogP contribution in [0.25, 0.3) is 0 Å². The van der Waals surface area contributed by atoms with E-state index in [0.717, 1.165) is 10.0 Å². The van der Waals surface area contributed by atoms with Crippen molar-refractivity contribution in [2.75, 3.05) is 19.8 Å². The number of anilines is 1. The zero-order valence-electron chi connectivity index (χ0n) is 9.12. The fourth-order valence-electron chi connectivity index (χ4n) is 1.46. The molecular weight excluding hydrogens is 256 g/mol. The van der Waals surface area contributed by atoms with E-state index in [9.17, 15) is 4.79 Å². The van der Waals surface area contributed by atoms with Gasteiger partial charge in [-0.3, -0.25) is 4.79 Å². The van der Waals surface area contributed by atoms with Crippen LogP contribution < -0.4 is 5.73 Å². The van der Waals surface area contributed by atoms with Crippen LogP contribution in [-0.4, -0.2) is 24.9 Å². The molecule has 1 aromatic rings. The summed E-state index contributed by atoms with van der Waals surface area (Å²) in [4.78, 5) is 13.3. The van der Waals surface area contributed by atoms with Crippen LogP contribution in [0.2, 0.25) is 0 Å². The zero-order chi connectivity index (χ0) is 11.6. The number of rotatable bonds is 2. The lowest BCUT2D eigenvalue weighted by Gasteiger charge is -2.18. The summed E-state index contributed by atoms with van der Waals surface area (Å²) in [6.45, 7) is 1.86. The highest BCUT2D eigenvalue weighted by Gasteiger charge is 2.18. The molecule has 2 N–H and O–H groups in total. The van der Waals surface area contributed by atoms with E-state index >= 15 is 0 Å². The summed E-state index contributed by atoms with van der Waals surface area (Å²) >= 11 is 3.34. The number of halogens is 1. The maximum atomic E-state index is 11.7. The Bertz CT molecular complexity index is 377. The molecule has 15 heavy (non-hydrogen) atoms. The van der Waals surface area contributed by atoms with E-state index in [2.05, 4.69) is 15.9 Å². The number of amides is 1. The summed E-state index contributed by atoms with van der Waals surface area (Å²) in [5.74, 6) is -0.142. The van der Waals surface area contributed by atoms with Gasteiger partial charge in [0, 0.05) is 24.3 Å². The maximum Gasteiger partial charge on any atom is 0.229 e. The molecule has 82 valence electrons. The number of hydrogen-bond acceptors (Lipinski definition) is 2. The van der Waals surface area contributed by atoms with Gasteiger partial charge in [-0.15, -0.1) is 0 Å². The number of nitrogens with two attached hydrogens (primary N) is 1. The lowest BCUT2D eigenvalue weighted by molar-refractivity contribution is -0.129. The number of hydrogen-bond donors (Lipinski definition) is 1. The Labute approximate surface area is 98.4 Å². The fourth-order valence-corrected chi connectivity index (χ4v) is 1.84. The summed E-state index contributed by atoms with van der Waals surface area (Å²) in [5, 5.41) is 0. The van der Waals surface area contributed by atoms with Gasteiger partial charge in [-0.2, -0.15) is 0 Å². The highest BCUT2D eigenvalue weighted by molar-refractivity contribution is 9.10. The molecule has 0 bridgehead atoms. The van der Waals surface area contributed by atoms with Crippen LogP contribution >= 0.6 is 15.9 Å². The Kier molecular flexibility index (Phi) is 3.74. The first-order valence-corrected chi connectivity index (χ1v) is 5.49. The summed E-state index contributed by atoms with van der Waals surface area (Å²) in [6, 6.07) is 5.59. The van der Waals surface area contributed by atoms with E-state index in [-0.39, 0.29) is 11.8 Å². The van der Waals surface area contributed by atoms with Crippen LogP contribution in [-0.2, 0) is 4.79 Å². The predicted octanol–water partition coefficient (Wildman–Crippen LogP) is 2.22. The third kappa shape index (κ3) is 2.72. The summed E-state index contributed by atoms with van der Waals surface area (Å²) < 4.78 is 0.924. The van der Waals surface area contributed by atoms with Crippen molar-refractivity contribution in [3.05, 3.63) is 28.2 Å². The number of likely N-dealkylation sites (N-methyl/N-ethyl adjacent to an activating group) is 1. The lowest BCUT2D eigenvalue weighted by Crippen LogP contribution is -2.27. The average molecular weight is 271 g/mol. The molecule has 0 radical (unpaired) electrons. The van der Waals surface area contributed by atoms with E-state index in [1.807, 2.05) is 25.1 Å². The maximum absolute atomic E-state index is 11.7. The minimum atomic E-state index is -0.201. The molecule has 0 aromatic heterocycles. The standard InChI is InChI=1S/C11H15BrN2O/c1-7(11(15)14(2)3)9-5-4-8(12)6-10(9)13/h4-7H,13H2,1-3H3. The number of carbonyl (C=O) groups excluding carboxylic acids is 1. The molecule has 1 amide bonds. The first-order valence-electron chi connectivity index (χ1n) is 4.69. The SMILES string of the molecule is CC(C(=O)N(C)C)c1ccc(Br)cc1N. The third-order valence-corrected chi connectivity index (χ3v) is 2.82. The van der Waals surface area contributed by atoms with Gasteiger partial charge in [-0.05, 0) is 24.6 Å². The van der Waals surface area contributed by atoms with Crippen LogP contribution in [0.1, 0.15) is 18.4 Å². The topological polar surface area (TPSA) is 46.3 Å². The van der Waals surface area contributed by atoms with Gasteiger partial charge >= 0.3 is 0 Å². The molecule has 3 nitrogen and oxygen atoms in total. The molecule has 0 aliphatic carbocycles. The second-order valence-corrected chi connectivity index (χ2v) is 4.64. The quantitative estimate of drug-likeness (QED) is 0.838. The van der Waals surface area contributed by atoms with Crippen LogP contribution in [0.15, 0.2) is 22.7 Å². The van der Waals surface area contributed by atoms with Crippen LogP contribution in [0.5, 0.6) is 0 Å². The van der Waals surface area contributed by atoms with Crippen molar-refractivity contribution in [2.24, 2.45) is 0 Å². The highest BCUT2D eigenvalue weighted by atomic mass is 79.9. The molecule has 0 saturated carbocycles. The smallest absolute Gasteiger partial charge is 0.229 e. The van der Waals surface area contributed by atoms with Crippen LogP contribution in [0.3, 0.4) is 0 Å². The summed E-state index contributed by atoms with van der Waals surface area (Å²) in [5.41, 5.74) is 7.38. The van der Waals surface area contributed by atoms with E-state index in [4.69, 9.17) is 5.73 Å². The van der Waals surface area contributed by atoms with Crippen LogP contribution in [0, 0.1) is 0 Å². The van der Waals surface area contributed by atoms with Gasteiger partial charge in [0.25, 0.3) is 0 Å². The number of nitrogens with zero attached hydrogens (tertiary/aromatic N) is 1.